The van der Waals surface area contributed by atoms with Gasteiger partial charge in [-0.15, -0.1) is 0 Å². The highest BCUT2D eigenvalue weighted by molar-refractivity contribution is 5.97. The van der Waals surface area contributed by atoms with E-state index < -0.39 is 0 Å². The third-order valence-corrected chi connectivity index (χ3v) is 2.92. The van der Waals surface area contributed by atoms with E-state index in [1.807, 2.05) is 24.3 Å². The van der Waals surface area contributed by atoms with Crippen molar-refractivity contribution in [1.82, 2.24) is 0 Å². The van der Waals surface area contributed by atoms with Crippen molar-refractivity contribution in [1.29, 1.82) is 0 Å². The Morgan fingerprint density at radius 3 is 3.07 bits per heavy atom. The molecule has 1 aliphatic heterocycles. The number of allylic oxidation sites excluding steroid dienone is 1. The average Bonchev–Trinajstić information content (AvgIpc) is 2.93. The van der Waals surface area contributed by atoms with Gasteiger partial charge in [-0.3, -0.25) is 4.79 Å². The van der Waals surface area contributed by atoms with Gasteiger partial charge in [-0.2, -0.15) is 0 Å². The summed E-state index contributed by atoms with van der Waals surface area (Å²) in [7, 11) is 0. The normalized spacial score (nSPS) is 28.1. The topological polar surface area (TPSA) is 29.1 Å². The molecule has 2 heteroatoms. The van der Waals surface area contributed by atoms with E-state index in [1.165, 1.54) is 0 Å². The lowest BCUT2D eigenvalue weighted by Gasteiger charge is -2.09. The molecule has 0 aromatic heterocycles. The molecule has 2 nitrogen and oxygen atoms in total. The van der Waals surface area contributed by atoms with E-state index >= 15 is 0 Å². The van der Waals surface area contributed by atoms with E-state index in [9.17, 15) is 4.79 Å². The molecule has 0 spiro atoms. The number of fused-ring (bicyclic) bond motifs is 2. The number of amides is 1. The quantitative estimate of drug-likeness (QED) is 0.660. The highest BCUT2D eigenvalue weighted by atomic mass is 16.2. The van der Waals surface area contributed by atoms with Crippen molar-refractivity contribution in [2.24, 2.45) is 11.8 Å². The summed E-state index contributed by atoms with van der Waals surface area (Å²) in [5.74, 6) is 0.870. The fourth-order valence-corrected chi connectivity index (χ4v) is 1.94. The number of carbonyl (C=O) groups is 1. The molecule has 0 unspecified atom stereocenters. The van der Waals surface area contributed by atoms with E-state index in [-0.39, 0.29) is 11.8 Å². The Kier molecular flexibility index (Phi) is 1.51. The molecule has 0 saturated heterocycles. The number of rotatable bonds is 0. The smallest absolute Gasteiger partial charge is 0.228 e. The molecule has 1 saturated carbocycles. The van der Waals surface area contributed by atoms with Gasteiger partial charge in [0, 0.05) is 11.6 Å². The standard InChI is InChI=1S/C12H11NO/c14-12-10-7-9(10)6-5-8-3-1-2-4-11(8)13-12/h1-6,9-10H,7H2,(H,13,14)/t9-,10+/m0/s1. The second-order valence-corrected chi connectivity index (χ2v) is 3.94. The van der Waals surface area contributed by atoms with Crippen LogP contribution in [0, 0.1) is 11.8 Å². The monoisotopic (exact) mass is 185 g/mol. The Labute approximate surface area is 82.6 Å². The lowest BCUT2D eigenvalue weighted by atomic mass is 10.1. The van der Waals surface area contributed by atoms with E-state index in [0.29, 0.717) is 5.92 Å². The van der Waals surface area contributed by atoms with Crippen molar-refractivity contribution in [3.63, 3.8) is 0 Å². The highest BCUT2D eigenvalue weighted by Crippen LogP contribution is 2.42. The molecule has 1 heterocycles. The minimum Gasteiger partial charge on any atom is -0.325 e. The second kappa shape index (κ2) is 2.71. The van der Waals surface area contributed by atoms with Crippen molar-refractivity contribution < 1.29 is 4.79 Å². The Morgan fingerprint density at radius 1 is 1.29 bits per heavy atom. The summed E-state index contributed by atoms with van der Waals surface area (Å²) >= 11 is 0. The molecule has 2 aliphatic rings. The van der Waals surface area contributed by atoms with Crippen LogP contribution >= 0.6 is 0 Å². The van der Waals surface area contributed by atoms with Gasteiger partial charge in [0.2, 0.25) is 5.91 Å². The van der Waals surface area contributed by atoms with Gasteiger partial charge in [0.15, 0.2) is 0 Å². The summed E-state index contributed by atoms with van der Waals surface area (Å²) < 4.78 is 0. The summed E-state index contributed by atoms with van der Waals surface area (Å²) in [5.41, 5.74) is 2.03. The van der Waals surface area contributed by atoms with Crippen LogP contribution in [0.4, 0.5) is 5.69 Å². The predicted molar refractivity (Wildman–Crippen MR) is 55.7 cm³/mol. The minimum absolute atomic E-state index is 0.173. The van der Waals surface area contributed by atoms with E-state index in [0.717, 1.165) is 17.7 Å². The summed E-state index contributed by atoms with van der Waals surface area (Å²) in [6.07, 6.45) is 5.28. The van der Waals surface area contributed by atoms with Crippen LogP contribution in [0.5, 0.6) is 0 Å². The molecule has 14 heavy (non-hydrogen) atoms. The zero-order chi connectivity index (χ0) is 9.54. The lowest BCUT2D eigenvalue weighted by Crippen LogP contribution is -2.16. The second-order valence-electron chi connectivity index (χ2n) is 3.94. The average molecular weight is 185 g/mol. The van der Waals surface area contributed by atoms with E-state index in [2.05, 4.69) is 17.5 Å². The zero-order valence-corrected chi connectivity index (χ0v) is 7.73. The van der Waals surface area contributed by atoms with Gasteiger partial charge >= 0.3 is 0 Å². The third-order valence-electron chi connectivity index (χ3n) is 2.92. The number of hydrogen-bond acceptors (Lipinski definition) is 1. The van der Waals surface area contributed by atoms with Crippen LogP contribution in [0.2, 0.25) is 0 Å². The molecule has 1 aliphatic carbocycles. The first-order valence-corrected chi connectivity index (χ1v) is 4.93. The Bertz CT molecular complexity index is 422. The molecule has 70 valence electrons. The molecule has 1 N–H and O–H groups in total. The van der Waals surface area contributed by atoms with Crippen molar-refractivity contribution >= 4 is 17.7 Å². The number of carbonyl (C=O) groups excluding carboxylic acids is 1. The number of benzene rings is 1. The highest BCUT2D eigenvalue weighted by Gasteiger charge is 2.41. The Balaban J connectivity index is 2.06. The maximum atomic E-state index is 11.6. The fraction of sp³-hybridized carbons (Fsp3) is 0.250. The summed E-state index contributed by atoms with van der Waals surface area (Å²) in [5, 5.41) is 2.96. The van der Waals surface area contributed by atoms with Crippen LogP contribution in [-0.4, -0.2) is 5.91 Å². The predicted octanol–water partition coefficient (Wildman–Crippen LogP) is 2.29. The number of para-hydroxylation sites is 1. The van der Waals surface area contributed by atoms with Crippen LogP contribution in [0.15, 0.2) is 30.3 Å². The summed E-state index contributed by atoms with van der Waals surface area (Å²) in [6, 6.07) is 7.90. The SMILES string of the molecule is O=C1Nc2ccccc2C=C[C@H]2C[C@@H]12. The minimum atomic E-state index is 0.173. The molecule has 1 fully saturated rings. The van der Waals surface area contributed by atoms with Gasteiger partial charge in [0.1, 0.15) is 0 Å². The number of anilines is 1. The van der Waals surface area contributed by atoms with Crippen LogP contribution < -0.4 is 5.32 Å². The summed E-state index contributed by atoms with van der Waals surface area (Å²) in [4.78, 5) is 11.6. The van der Waals surface area contributed by atoms with Crippen LogP contribution in [0.25, 0.3) is 6.08 Å². The maximum Gasteiger partial charge on any atom is 0.228 e. The van der Waals surface area contributed by atoms with Crippen molar-refractivity contribution in [3.8, 4) is 0 Å². The van der Waals surface area contributed by atoms with Gasteiger partial charge in [-0.1, -0.05) is 30.4 Å². The summed E-state index contributed by atoms with van der Waals surface area (Å²) in [6.45, 7) is 0. The first-order chi connectivity index (χ1) is 6.84. The first kappa shape index (κ1) is 7.80. The van der Waals surface area contributed by atoms with Gasteiger partial charge in [-0.05, 0) is 24.0 Å². The Morgan fingerprint density at radius 2 is 2.14 bits per heavy atom. The van der Waals surface area contributed by atoms with Gasteiger partial charge in [0.25, 0.3) is 0 Å². The maximum absolute atomic E-state index is 11.6. The van der Waals surface area contributed by atoms with E-state index in [4.69, 9.17) is 0 Å². The van der Waals surface area contributed by atoms with Crippen molar-refractivity contribution in [2.75, 3.05) is 5.32 Å². The molecule has 1 amide bonds. The number of hydrogen-bond donors (Lipinski definition) is 1. The molecule has 3 rings (SSSR count). The molecule has 1 aromatic carbocycles. The fourth-order valence-electron chi connectivity index (χ4n) is 1.94. The van der Waals surface area contributed by atoms with Gasteiger partial charge in [-0.25, -0.2) is 0 Å². The van der Waals surface area contributed by atoms with Crippen LogP contribution in [0.3, 0.4) is 0 Å². The van der Waals surface area contributed by atoms with Crippen molar-refractivity contribution in [3.05, 3.63) is 35.9 Å². The largest absolute Gasteiger partial charge is 0.325 e. The molecule has 1 aromatic rings. The first-order valence-electron chi connectivity index (χ1n) is 4.93. The Hall–Kier alpha value is -1.57. The van der Waals surface area contributed by atoms with E-state index in [1.54, 1.807) is 0 Å². The lowest BCUT2D eigenvalue weighted by molar-refractivity contribution is -0.117. The molecular weight excluding hydrogens is 174 g/mol. The van der Waals surface area contributed by atoms with Gasteiger partial charge < -0.3 is 5.32 Å². The number of nitrogens with one attached hydrogen (secondary N) is 1. The van der Waals surface area contributed by atoms with Gasteiger partial charge in [0.05, 0.1) is 0 Å². The third kappa shape index (κ3) is 1.15. The van der Waals surface area contributed by atoms with Crippen molar-refractivity contribution in [2.45, 2.75) is 6.42 Å². The molecule has 0 radical (unpaired) electrons. The molecule has 2 atom stereocenters. The molecule has 0 bridgehead atoms. The van der Waals surface area contributed by atoms with Crippen LogP contribution in [-0.2, 0) is 4.79 Å². The molecular formula is C12H11NO. The zero-order valence-electron chi connectivity index (χ0n) is 7.73. The van der Waals surface area contributed by atoms with Crippen LogP contribution in [0.1, 0.15) is 12.0 Å².